The number of alkyl carbamates (subject to hydrolysis) is 1. The van der Waals surface area contributed by atoms with Crippen LogP contribution in [0, 0.1) is 0 Å². The normalized spacial score (nSPS) is 19.1. The molecule has 0 bridgehead atoms. The third kappa shape index (κ3) is 5.00. The van der Waals surface area contributed by atoms with Crippen molar-refractivity contribution in [3.63, 3.8) is 0 Å². The number of allylic oxidation sites excluding steroid dienone is 1. The van der Waals surface area contributed by atoms with Crippen molar-refractivity contribution in [2.24, 2.45) is 0 Å². The summed E-state index contributed by atoms with van der Waals surface area (Å²) in [6, 6.07) is 0. The van der Waals surface area contributed by atoms with Crippen molar-refractivity contribution < 1.29 is 19.1 Å². The van der Waals surface area contributed by atoms with E-state index in [1.54, 1.807) is 0 Å². The van der Waals surface area contributed by atoms with Crippen LogP contribution in [-0.4, -0.2) is 36.6 Å². The van der Waals surface area contributed by atoms with Gasteiger partial charge in [0.1, 0.15) is 10.9 Å². The van der Waals surface area contributed by atoms with Gasteiger partial charge >= 0.3 is 12.1 Å². The third-order valence-electron chi connectivity index (χ3n) is 2.12. The summed E-state index contributed by atoms with van der Waals surface area (Å²) in [5, 5.41) is 2.47. The summed E-state index contributed by atoms with van der Waals surface area (Å²) in [6.45, 7) is 5.81. The molecule has 0 saturated carbocycles. The van der Waals surface area contributed by atoms with E-state index in [1.165, 1.54) is 18.9 Å². The molecule has 0 aliphatic carbocycles. The third-order valence-corrected chi connectivity index (χ3v) is 3.41. The molecule has 0 fully saturated rings. The molecule has 18 heavy (non-hydrogen) atoms. The number of esters is 1. The maximum atomic E-state index is 11.4. The van der Waals surface area contributed by atoms with Gasteiger partial charge in [0.05, 0.1) is 13.7 Å². The van der Waals surface area contributed by atoms with Gasteiger partial charge in [0.15, 0.2) is 0 Å². The summed E-state index contributed by atoms with van der Waals surface area (Å²) >= 11 is 1.42. The summed E-state index contributed by atoms with van der Waals surface area (Å²) < 4.78 is 9.78. The molecule has 0 aromatic carbocycles. The molecule has 1 N–H and O–H groups in total. The number of nitrogens with one attached hydrogen (secondary N) is 1. The highest BCUT2D eigenvalue weighted by atomic mass is 32.2. The molecule has 1 heterocycles. The number of hydrogen-bond acceptors (Lipinski definition) is 5. The second-order valence-electron chi connectivity index (χ2n) is 4.89. The Labute approximate surface area is 111 Å². The molecule has 102 valence electrons. The summed E-state index contributed by atoms with van der Waals surface area (Å²) in [7, 11) is 1.37. The van der Waals surface area contributed by atoms with E-state index in [-0.39, 0.29) is 11.2 Å². The molecule has 1 unspecified atom stereocenters. The van der Waals surface area contributed by atoms with Gasteiger partial charge in [-0.3, -0.25) is 4.79 Å². The van der Waals surface area contributed by atoms with Gasteiger partial charge in [-0.15, -0.1) is 11.8 Å². The smallest absolute Gasteiger partial charge is 0.407 e. The van der Waals surface area contributed by atoms with Gasteiger partial charge in [-0.2, -0.15) is 0 Å². The van der Waals surface area contributed by atoms with Crippen molar-refractivity contribution in [2.45, 2.75) is 38.0 Å². The first kappa shape index (κ1) is 14.9. The molecule has 1 atom stereocenters. The zero-order chi connectivity index (χ0) is 13.8. The van der Waals surface area contributed by atoms with Crippen molar-refractivity contribution >= 4 is 23.8 Å². The Morgan fingerprint density at radius 3 is 2.72 bits per heavy atom. The van der Waals surface area contributed by atoms with E-state index < -0.39 is 11.7 Å². The van der Waals surface area contributed by atoms with Crippen LogP contribution in [0.3, 0.4) is 0 Å². The summed E-state index contributed by atoms with van der Waals surface area (Å²) in [5.74, 6) is -0.233. The Hall–Kier alpha value is -1.17. The van der Waals surface area contributed by atoms with E-state index in [0.717, 1.165) is 4.91 Å². The van der Waals surface area contributed by atoms with E-state index in [4.69, 9.17) is 4.74 Å². The SMILES string of the molecule is COC(=O)C1CC=C(CNC(=O)OC(C)(C)C)S1. The number of methoxy groups -OCH3 is 1. The molecular weight excluding hydrogens is 254 g/mol. The van der Waals surface area contributed by atoms with Gasteiger partial charge in [0.25, 0.3) is 0 Å². The Bertz CT molecular complexity index is 360. The highest BCUT2D eigenvalue weighted by Gasteiger charge is 2.26. The van der Waals surface area contributed by atoms with Crippen LogP contribution in [0.5, 0.6) is 0 Å². The molecule has 1 rings (SSSR count). The Morgan fingerprint density at radius 1 is 1.50 bits per heavy atom. The fourth-order valence-corrected chi connectivity index (χ4v) is 2.48. The molecule has 0 aromatic rings. The standard InChI is InChI=1S/C12H19NO4S/c1-12(2,3)17-11(15)13-7-8-5-6-9(18-8)10(14)16-4/h5,9H,6-7H2,1-4H3,(H,13,15). The highest BCUT2D eigenvalue weighted by molar-refractivity contribution is 8.04. The molecule has 1 amide bonds. The quantitative estimate of drug-likeness (QED) is 0.797. The molecule has 0 aromatic heterocycles. The molecule has 5 nitrogen and oxygen atoms in total. The van der Waals surface area contributed by atoms with Gasteiger partial charge in [-0.25, -0.2) is 4.79 Å². The number of carbonyl (C=O) groups excluding carboxylic acids is 2. The number of amides is 1. The van der Waals surface area contributed by atoms with Gasteiger partial charge in [0, 0.05) is 4.91 Å². The maximum Gasteiger partial charge on any atom is 0.407 e. The predicted molar refractivity (Wildman–Crippen MR) is 70.3 cm³/mol. The number of carbonyl (C=O) groups is 2. The Balaban J connectivity index is 2.30. The van der Waals surface area contributed by atoms with Gasteiger partial charge < -0.3 is 14.8 Å². The van der Waals surface area contributed by atoms with Crippen molar-refractivity contribution in [2.75, 3.05) is 13.7 Å². The first-order chi connectivity index (χ1) is 8.31. The number of hydrogen-bond donors (Lipinski definition) is 1. The molecule has 1 aliphatic rings. The van der Waals surface area contributed by atoms with Crippen LogP contribution in [0.1, 0.15) is 27.2 Å². The van der Waals surface area contributed by atoms with Crippen LogP contribution in [0.4, 0.5) is 4.79 Å². The van der Waals surface area contributed by atoms with Gasteiger partial charge in [-0.05, 0) is 27.2 Å². The summed E-state index contributed by atoms with van der Waals surface area (Å²) in [6.07, 6.45) is 2.12. The van der Waals surface area contributed by atoms with Crippen molar-refractivity contribution in [3.8, 4) is 0 Å². The topological polar surface area (TPSA) is 64.6 Å². The fraction of sp³-hybridized carbons (Fsp3) is 0.667. The van der Waals surface area contributed by atoms with Crippen molar-refractivity contribution in [1.29, 1.82) is 0 Å². The molecular formula is C12H19NO4S. The van der Waals surface area contributed by atoms with Crippen molar-refractivity contribution in [1.82, 2.24) is 5.32 Å². The minimum absolute atomic E-state index is 0.189. The summed E-state index contributed by atoms with van der Waals surface area (Å²) in [4.78, 5) is 23.7. The monoisotopic (exact) mass is 273 g/mol. The molecule has 0 spiro atoms. The van der Waals surface area contributed by atoms with Crippen LogP contribution >= 0.6 is 11.8 Å². The fourth-order valence-electron chi connectivity index (χ4n) is 1.38. The lowest BCUT2D eigenvalue weighted by Gasteiger charge is -2.19. The van der Waals surface area contributed by atoms with Crippen molar-refractivity contribution in [3.05, 3.63) is 11.0 Å². The second-order valence-corrected chi connectivity index (χ2v) is 6.22. The van der Waals surface area contributed by atoms with Crippen LogP contribution in [-0.2, 0) is 14.3 Å². The molecule has 0 saturated heterocycles. The van der Waals surface area contributed by atoms with Crippen LogP contribution in [0.25, 0.3) is 0 Å². The predicted octanol–water partition coefficient (Wildman–Crippen LogP) is 2.07. The largest absolute Gasteiger partial charge is 0.468 e. The average molecular weight is 273 g/mol. The van der Waals surface area contributed by atoms with Gasteiger partial charge in [0.2, 0.25) is 0 Å². The van der Waals surface area contributed by atoms with E-state index >= 15 is 0 Å². The first-order valence-electron chi connectivity index (χ1n) is 5.72. The number of ether oxygens (including phenoxy) is 2. The molecule has 1 aliphatic heterocycles. The molecule has 6 heteroatoms. The minimum Gasteiger partial charge on any atom is -0.468 e. The zero-order valence-corrected chi connectivity index (χ0v) is 11.9. The lowest BCUT2D eigenvalue weighted by molar-refractivity contribution is -0.139. The Kier molecular flexibility index (Phi) is 5.07. The van der Waals surface area contributed by atoms with E-state index in [1.807, 2.05) is 26.8 Å². The number of rotatable bonds is 3. The van der Waals surface area contributed by atoms with E-state index in [0.29, 0.717) is 13.0 Å². The van der Waals surface area contributed by atoms with Gasteiger partial charge in [-0.1, -0.05) is 6.08 Å². The van der Waals surface area contributed by atoms with Crippen LogP contribution in [0.2, 0.25) is 0 Å². The number of thioether (sulfide) groups is 1. The van der Waals surface area contributed by atoms with E-state index in [2.05, 4.69) is 10.1 Å². The highest BCUT2D eigenvalue weighted by Crippen LogP contribution is 2.32. The lowest BCUT2D eigenvalue weighted by atomic mass is 10.2. The minimum atomic E-state index is -0.504. The molecule has 0 radical (unpaired) electrons. The summed E-state index contributed by atoms with van der Waals surface area (Å²) in [5.41, 5.74) is -0.504. The maximum absolute atomic E-state index is 11.4. The average Bonchev–Trinajstić information content (AvgIpc) is 2.71. The Morgan fingerprint density at radius 2 is 2.17 bits per heavy atom. The van der Waals surface area contributed by atoms with E-state index in [9.17, 15) is 9.59 Å². The lowest BCUT2D eigenvalue weighted by Crippen LogP contribution is -2.33. The van der Waals surface area contributed by atoms with Crippen LogP contribution in [0.15, 0.2) is 11.0 Å². The zero-order valence-electron chi connectivity index (χ0n) is 11.1. The first-order valence-corrected chi connectivity index (χ1v) is 6.60. The van der Waals surface area contributed by atoms with Crippen LogP contribution < -0.4 is 5.32 Å². The second kappa shape index (κ2) is 6.13.